The van der Waals surface area contributed by atoms with Crippen molar-refractivity contribution < 1.29 is 9.84 Å². The molecular weight excluding hydrogens is 226 g/mol. The van der Waals surface area contributed by atoms with Crippen molar-refractivity contribution in [2.24, 2.45) is 0 Å². The van der Waals surface area contributed by atoms with Crippen molar-refractivity contribution in [3.05, 3.63) is 59.9 Å². The number of pyridine rings is 1. The summed E-state index contributed by atoms with van der Waals surface area (Å²) >= 11 is 0. The van der Waals surface area contributed by atoms with E-state index in [2.05, 4.69) is 4.98 Å². The molecule has 0 bridgehead atoms. The second-order valence-electron chi connectivity index (χ2n) is 4.27. The van der Waals surface area contributed by atoms with Crippen LogP contribution in [0.4, 0.5) is 0 Å². The minimum Gasteiger partial charge on any atom is -0.497 e. The molecule has 0 aliphatic carbocycles. The van der Waals surface area contributed by atoms with Crippen molar-refractivity contribution in [1.29, 1.82) is 0 Å². The predicted octanol–water partition coefficient (Wildman–Crippen LogP) is 2.24. The van der Waals surface area contributed by atoms with Gasteiger partial charge in [-0.15, -0.1) is 0 Å². The summed E-state index contributed by atoms with van der Waals surface area (Å²) in [5, 5.41) is 10.0. The molecule has 0 saturated heterocycles. The molecule has 1 atom stereocenters. The van der Waals surface area contributed by atoms with Crippen LogP contribution in [0, 0.1) is 0 Å². The van der Waals surface area contributed by atoms with Gasteiger partial charge in [-0.1, -0.05) is 12.1 Å². The van der Waals surface area contributed by atoms with Gasteiger partial charge in [0.05, 0.1) is 13.2 Å². The summed E-state index contributed by atoms with van der Waals surface area (Å²) in [7, 11) is 1.65. The van der Waals surface area contributed by atoms with Gasteiger partial charge in [0, 0.05) is 12.4 Å². The molecule has 0 amide bonds. The molecule has 18 heavy (non-hydrogen) atoms. The highest BCUT2D eigenvalue weighted by atomic mass is 16.5. The number of hydrogen-bond acceptors (Lipinski definition) is 3. The van der Waals surface area contributed by atoms with Gasteiger partial charge in [-0.3, -0.25) is 4.98 Å². The molecule has 1 heterocycles. The number of rotatable bonds is 5. The van der Waals surface area contributed by atoms with E-state index in [0.29, 0.717) is 12.8 Å². The maximum absolute atomic E-state index is 10.0. The zero-order valence-corrected chi connectivity index (χ0v) is 10.4. The molecule has 2 aromatic rings. The summed E-state index contributed by atoms with van der Waals surface area (Å²) in [5.41, 5.74) is 2.21. The third-order valence-electron chi connectivity index (χ3n) is 2.85. The molecule has 0 radical (unpaired) electrons. The number of nitrogens with zero attached hydrogens (tertiary/aromatic N) is 1. The Labute approximate surface area is 107 Å². The first-order valence-corrected chi connectivity index (χ1v) is 5.98. The predicted molar refractivity (Wildman–Crippen MR) is 70.6 cm³/mol. The van der Waals surface area contributed by atoms with Crippen molar-refractivity contribution in [2.45, 2.75) is 18.9 Å². The van der Waals surface area contributed by atoms with Crippen LogP contribution < -0.4 is 4.74 Å². The van der Waals surface area contributed by atoms with Crippen LogP contribution in [0.25, 0.3) is 0 Å². The maximum Gasteiger partial charge on any atom is 0.118 e. The van der Waals surface area contributed by atoms with Crippen LogP contribution in [0.2, 0.25) is 0 Å². The molecule has 1 aromatic heterocycles. The lowest BCUT2D eigenvalue weighted by Gasteiger charge is -2.11. The number of ether oxygens (including phenoxy) is 1. The van der Waals surface area contributed by atoms with Crippen molar-refractivity contribution in [2.75, 3.05) is 7.11 Å². The second-order valence-corrected chi connectivity index (χ2v) is 4.27. The van der Waals surface area contributed by atoms with E-state index in [1.165, 1.54) is 0 Å². The molecule has 1 aromatic carbocycles. The van der Waals surface area contributed by atoms with Gasteiger partial charge in [-0.25, -0.2) is 0 Å². The Morgan fingerprint density at radius 1 is 1.00 bits per heavy atom. The fourth-order valence-electron chi connectivity index (χ4n) is 1.90. The molecule has 94 valence electrons. The van der Waals surface area contributed by atoms with Gasteiger partial charge in [-0.2, -0.15) is 0 Å². The Bertz CT molecular complexity index is 468. The van der Waals surface area contributed by atoms with Crippen LogP contribution in [-0.2, 0) is 12.8 Å². The number of benzene rings is 1. The van der Waals surface area contributed by atoms with E-state index in [1.807, 2.05) is 36.4 Å². The topological polar surface area (TPSA) is 42.4 Å². The van der Waals surface area contributed by atoms with E-state index < -0.39 is 0 Å². The minimum atomic E-state index is -0.374. The average Bonchev–Trinajstić information content (AvgIpc) is 2.40. The first-order valence-electron chi connectivity index (χ1n) is 5.98. The Balaban J connectivity index is 1.92. The molecule has 0 spiro atoms. The maximum atomic E-state index is 10.0. The van der Waals surface area contributed by atoms with Crippen LogP contribution >= 0.6 is 0 Å². The SMILES string of the molecule is COc1ccc(CC(O)Cc2ccncc2)cc1. The molecule has 3 nitrogen and oxygen atoms in total. The lowest BCUT2D eigenvalue weighted by atomic mass is 10.0. The van der Waals surface area contributed by atoms with Crippen LogP contribution in [0.15, 0.2) is 48.8 Å². The zero-order valence-electron chi connectivity index (χ0n) is 10.4. The smallest absolute Gasteiger partial charge is 0.118 e. The largest absolute Gasteiger partial charge is 0.497 e. The van der Waals surface area contributed by atoms with Gasteiger partial charge >= 0.3 is 0 Å². The summed E-state index contributed by atoms with van der Waals surface area (Å²) < 4.78 is 5.10. The zero-order chi connectivity index (χ0) is 12.8. The number of aliphatic hydroxyl groups excluding tert-OH is 1. The van der Waals surface area contributed by atoms with Crippen LogP contribution in [-0.4, -0.2) is 23.3 Å². The standard InChI is InChI=1S/C15H17NO2/c1-18-15-4-2-12(3-5-15)10-14(17)11-13-6-8-16-9-7-13/h2-9,14,17H,10-11H2,1H3. The Kier molecular flexibility index (Phi) is 4.31. The molecule has 0 aliphatic rings. The van der Waals surface area contributed by atoms with Gasteiger partial charge in [0.1, 0.15) is 5.75 Å². The summed E-state index contributed by atoms with van der Waals surface area (Å²) in [4.78, 5) is 3.96. The highest BCUT2D eigenvalue weighted by Crippen LogP contribution is 2.14. The van der Waals surface area contributed by atoms with Crippen molar-refractivity contribution in [3.8, 4) is 5.75 Å². The lowest BCUT2D eigenvalue weighted by Crippen LogP contribution is -2.13. The van der Waals surface area contributed by atoms with Gasteiger partial charge in [0.25, 0.3) is 0 Å². The van der Waals surface area contributed by atoms with Crippen LogP contribution in [0.5, 0.6) is 5.75 Å². The number of aromatic nitrogens is 1. The van der Waals surface area contributed by atoms with Crippen molar-refractivity contribution in [1.82, 2.24) is 4.98 Å². The normalized spacial score (nSPS) is 12.1. The Morgan fingerprint density at radius 3 is 2.11 bits per heavy atom. The molecule has 1 N–H and O–H groups in total. The van der Waals surface area contributed by atoms with Crippen molar-refractivity contribution >= 4 is 0 Å². The quantitative estimate of drug-likeness (QED) is 0.875. The Hall–Kier alpha value is -1.87. The fraction of sp³-hybridized carbons (Fsp3) is 0.267. The van der Waals surface area contributed by atoms with Gasteiger partial charge in [-0.05, 0) is 48.2 Å². The third-order valence-corrected chi connectivity index (χ3v) is 2.85. The molecular formula is C15H17NO2. The monoisotopic (exact) mass is 243 g/mol. The summed E-state index contributed by atoms with van der Waals surface area (Å²) in [6.07, 6.45) is 4.41. The summed E-state index contributed by atoms with van der Waals surface area (Å²) in [5.74, 6) is 0.836. The van der Waals surface area contributed by atoms with E-state index in [4.69, 9.17) is 4.74 Å². The highest BCUT2D eigenvalue weighted by molar-refractivity contribution is 5.27. The Morgan fingerprint density at radius 2 is 1.56 bits per heavy atom. The van der Waals surface area contributed by atoms with Gasteiger partial charge in [0.2, 0.25) is 0 Å². The van der Waals surface area contributed by atoms with Gasteiger partial charge in [0.15, 0.2) is 0 Å². The first-order chi connectivity index (χ1) is 8.78. The number of hydrogen-bond donors (Lipinski definition) is 1. The third kappa shape index (κ3) is 3.57. The van der Waals surface area contributed by atoms with Gasteiger partial charge < -0.3 is 9.84 Å². The second kappa shape index (κ2) is 6.17. The molecule has 2 rings (SSSR count). The van der Waals surface area contributed by atoms with Crippen molar-refractivity contribution in [3.63, 3.8) is 0 Å². The summed E-state index contributed by atoms with van der Waals surface area (Å²) in [6.45, 7) is 0. The van der Waals surface area contributed by atoms with Crippen LogP contribution in [0.1, 0.15) is 11.1 Å². The highest BCUT2D eigenvalue weighted by Gasteiger charge is 2.07. The lowest BCUT2D eigenvalue weighted by molar-refractivity contribution is 0.175. The van der Waals surface area contributed by atoms with Crippen LogP contribution in [0.3, 0.4) is 0 Å². The first kappa shape index (κ1) is 12.6. The fourth-order valence-corrected chi connectivity index (χ4v) is 1.90. The van der Waals surface area contributed by atoms with E-state index in [-0.39, 0.29) is 6.10 Å². The van der Waals surface area contributed by atoms with E-state index in [0.717, 1.165) is 16.9 Å². The van der Waals surface area contributed by atoms with E-state index >= 15 is 0 Å². The molecule has 0 fully saturated rings. The molecule has 1 unspecified atom stereocenters. The van der Waals surface area contributed by atoms with E-state index in [1.54, 1.807) is 19.5 Å². The average molecular weight is 243 g/mol. The molecule has 0 aliphatic heterocycles. The number of methoxy groups -OCH3 is 1. The molecule has 3 heteroatoms. The van der Waals surface area contributed by atoms with E-state index in [9.17, 15) is 5.11 Å². The minimum absolute atomic E-state index is 0.374. The number of aliphatic hydroxyl groups is 1. The molecule has 0 saturated carbocycles. The summed E-state index contributed by atoms with van der Waals surface area (Å²) in [6, 6.07) is 11.6.